The Morgan fingerprint density at radius 2 is 2.14 bits per heavy atom. The quantitative estimate of drug-likeness (QED) is 0.940. The van der Waals surface area contributed by atoms with Crippen LogP contribution in [0.4, 0.5) is 5.69 Å². The number of nitrogens with zero attached hydrogens (tertiary/aromatic N) is 3. The number of hydrogen-bond acceptors (Lipinski definition) is 4. The Balaban J connectivity index is 2.01. The van der Waals surface area contributed by atoms with Crippen molar-refractivity contribution >= 4 is 11.4 Å². The second-order valence-corrected chi connectivity index (χ2v) is 5.85. The van der Waals surface area contributed by atoms with E-state index < -0.39 is 0 Å². The first-order valence-corrected chi connectivity index (χ1v) is 7.72. The van der Waals surface area contributed by atoms with Crippen LogP contribution in [0.15, 0.2) is 47.8 Å². The first kappa shape index (κ1) is 14.7. The smallest absolute Gasteiger partial charge is 0.0843 e. The molecule has 1 aliphatic rings. The molecular weight excluding hydrogens is 272 g/mol. The van der Waals surface area contributed by atoms with Crippen LogP contribution in [0.2, 0.25) is 0 Å². The van der Waals surface area contributed by atoms with Gasteiger partial charge >= 0.3 is 0 Å². The number of anilines is 1. The second kappa shape index (κ2) is 6.28. The lowest BCUT2D eigenvalue weighted by Crippen LogP contribution is -2.19. The van der Waals surface area contributed by atoms with E-state index in [2.05, 4.69) is 48.1 Å². The number of aryl methyl sites for hydroxylation is 2. The summed E-state index contributed by atoms with van der Waals surface area (Å²) < 4.78 is 0. The fourth-order valence-electron chi connectivity index (χ4n) is 2.91. The van der Waals surface area contributed by atoms with E-state index in [-0.39, 0.29) is 6.04 Å². The molecule has 0 spiro atoms. The molecule has 2 N–H and O–H groups in total. The molecule has 0 amide bonds. The lowest BCUT2D eigenvalue weighted by atomic mass is 10.0. The van der Waals surface area contributed by atoms with Gasteiger partial charge in [-0.2, -0.15) is 5.10 Å². The molecule has 0 radical (unpaired) electrons. The Morgan fingerprint density at radius 3 is 2.86 bits per heavy atom. The summed E-state index contributed by atoms with van der Waals surface area (Å²) in [5, 5.41) is 6.99. The van der Waals surface area contributed by atoms with Gasteiger partial charge in [-0.15, -0.1) is 0 Å². The molecule has 0 saturated carbocycles. The molecule has 2 heterocycles. The molecule has 1 aromatic heterocycles. The third-order valence-corrected chi connectivity index (χ3v) is 4.09. The monoisotopic (exact) mass is 294 g/mol. The molecule has 0 aliphatic carbocycles. The van der Waals surface area contributed by atoms with Crippen LogP contribution in [0.5, 0.6) is 0 Å². The molecular formula is C18H22N4. The van der Waals surface area contributed by atoms with Gasteiger partial charge in [0.2, 0.25) is 0 Å². The highest BCUT2D eigenvalue weighted by Gasteiger charge is 2.29. The van der Waals surface area contributed by atoms with Crippen molar-refractivity contribution in [3.63, 3.8) is 0 Å². The fraction of sp³-hybridized carbons (Fsp3) is 0.333. The minimum Gasteiger partial charge on any atom is -0.330 e. The van der Waals surface area contributed by atoms with Gasteiger partial charge in [0.1, 0.15) is 0 Å². The molecule has 0 fully saturated rings. The van der Waals surface area contributed by atoms with E-state index in [0.29, 0.717) is 6.54 Å². The summed E-state index contributed by atoms with van der Waals surface area (Å²) in [4.78, 5) is 4.27. The van der Waals surface area contributed by atoms with Crippen LogP contribution in [0.25, 0.3) is 0 Å². The number of rotatable bonds is 4. The minimum absolute atomic E-state index is 0.204. The molecule has 0 saturated heterocycles. The molecule has 1 aliphatic heterocycles. The maximum Gasteiger partial charge on any atom is 0.0843 e. The van der Waals surface area contributed by atoms with Crippen molar-refractivity contribution in [3.05, 3.63) is 59.4 Å². The van der Waals surface area contributed by atoms with Crippen molar-refractivity contribution in [2.45, 2.75) is 32.7 Å². The van der Waals surface area contributed by atoms with Crippen molar-refractivity contribution < 1.29 is 0 Å². The largest absolute Gasteiger partial charge is 0.330 e. The summed E-state index contributed by atoms with van der Waals surface area (Å²) >= 11 is 0. The Kier molecular flexibility index (Phi) is 4.20. The molecule has 22 heavy (non-hydrogen) atoms. The molecule has 3 rings (SSSR count). The van der Waals surface area contributed by atoms with Crippen LogP contribution in [-0.2, 0) is 0 Å². The summed E-state index contributed by atoms with van der Waals surface area (Å²) in [6.07, 6.45) is 5.50. The molecule has 1 atom stereocenters. The number of hydrogen-bond donors (Lipinski definition) is 1. The Bertz CT molecular complexity index is 679. The van der Waals surface area contributed by atoms with E-state index >= 15 is 0 Å². The lowest BCUT2D eigenvalue weighted by Gasteiger charge is -2.25. The van der Waals surface area contributed by atoms with E-state index in [1.165, 1.54) is 22.4 Å². The third-order valence-electron chi connectivity index (χ3n) is 4.09. The maximum absolute atomic E-state index is 5.72. The van der Waals surface area contributed by atoms with Gasteiger partial charge in [0.15, 0.2) is 0 Å². The predicted molar refractivity (Wildman–Crippen MR) is 91.1 cm³/mol. The Labute approximate surface area is 131 Å². The molecule has 1 unspecified atom stereocenters. The number of hydrazone groups is 1. The number of benzene rings is 1. The molecule has 1 aromatic carbocycles. The van der Waals surface area contributed by atoms with Gasteiger partial charge in [0.25, 0.3) is 0 Å². The predicted octanol–water partition coefficient (Wildman–Crippen LogP) is 3.35. The average molecular weight is 294 g/mol. The first-order valence-electron chi connectivity index (χ1n) is 7.72. The summed E-state index contributed by atoms with van der Waals surface area (Å²) in [5.41, 5.74) is 11.7. The highest BCUT2D eigenvalue weighted by molar-refractivity contribution is 5.89. The summed E-state index contributed by atoms with van der Waals surface area (Å²) in [5.74, 6) is 0. The Hall–Kier alpha value is -2.20. The maximum atomic E-state index is 5.72. The highest BCUT2D eigenvalue weighted by Crippen LogP contribution is 2.37. The topological polar surface area (TPSA) is 54.5 Å². The average Bonchev–Trinajstić information content (AvgIpc) is 2.95. The lowest BCUT2D eigenvalue weighted by molar-refractivity contribution is 0.702. The third kappa shape index (κ3) is 2.88. The standard InChI is InChI=1S/C18H22N4/c1-13-5-6-14(2)17(10-13)22-18(11-16(21-22)7-8-19)15-4-3-9-20-12-15/h3-6,9-10,12,18H,7-8,11,19H2,1-2H3. The number of aromatic nitrogens is 1. The van der Waals surface area contributed by atoms with Gasteiger partial charge in [0.05, 0.1) is 11.7 Å². The highest BCUT2D eigenvalue weighted by atomic mass is 15.5. The second-order valence-electron chi connectivity index (χ2n) is 5.85. The van der Waals surface area contributed by atoms with Crippen molar-refractivity contribution in [1.29, 1.82) is 0 Å². The zero-order valence-corrected chi connectivity index (χ0v) is 13.2. The first-order chi connectivity index (χ1) is 10.7. The molecule has 114 valence electrons. The van der Waals surface area contributed by atoms with Gasteiger partial charge in [-0.05, 0) is 55.6 Å². The zero-order chi connectivity index (χ0) is 15.5. The van der Waals surface area contributed by atoms with E-state index in [4.69, 9.17) is 10.8 Å². The van der Waals surface area contributed by atoms with Crippen molar-refractivity contribution in [1.82, 2.24) is 4.98 Å². The molecule has 4 heteroatoms. The van der Waals surface area contributed by atoms with Crippen molar-refractivity contribution in [3.8, 4) is 0 Å². The zero-order valence-electron chi connectivity index (χ0n) is 13.2. The van der Waals surface area contributed by atoms with Crippen LogP contribution in [0, 0.1) is 13.8 Å². The van der Waals surface area contributed by atoms with Gasteiger partial charge in [-0.25, -0.2) is 0 Å². The van der Waals surface area contributed by atoms with Gasteiger partial charge in [-0.3, -0.25) is 9.99 Å². The van der Waals surface area contributed by atoms with Gasteiger partial charge < -0.3 is 5.73 Å². The van der Waals surface area contributed by atoms with Crippen molar-refractivity contribution in [2.24, 2.45) is 10.8 Å². The molecule has 0 bridgehead atoms. The van der Waals surface area contributed by atoms with Crippen LogP contribution < -0.4 is 10.7 Å². The van der Waals surface area contributed by atoms with Gasteiger partial charge in [0, 0.05) is 24.5 Å². The summed E-state index contributed by atoms with van der Waals surface area (Å²) in [6.45, 7) is 4.88. The SMILES string of the molecule is Cc1ccc(C)c(N2N=C(CCN)CC2c2cccnc2)c1. The van der Waals surface area contributed by atoms with Crippen LogP contribution in [0.3, 0.4) is 0 Å². The minimum atomic E-state index is 0.204. The fourth-order valence-corrected chi connectivity index (χ4v) is 2.91. The van der Waals surface area contributed by atoms with Crippen LogP contribution in [-0.4, -0.2) is 17.2 Å². The van der Waals surface area contributed by atoms with Crippen LogP contribution in [0.1, 0.15) is 35.6 Å². The molecule has 4 nitrogen and oxygen atoms in total. The van der Waals surface area contributed by atoms with E-state index in [0.717, 1.165) is 18.6 Å². The normalized spacial score (nSPS) is 17.7. The Morgan fingerprint density at radius 1 is 1.27 bits per heavy atom. The van der Waals surface area contributed by atoms with Crippen molar-refractivity contribution in [2.75, 3.05) is 11.6 Å². The molecule has 2 aromatic rings. The summed E-state index contributed by atoms with van der Waals surface area (Å²) in [7, 11) is 0. The van der Waals surface area contributed by atoms with Gasteiger partial charge in [-0.1, -0.05) is 18.2 Å². The van der Waals surface area contributed by atoms with Crippen LogP contribution >= 0.6 is 0 Å². The summed E-state index contributed by atoms with van der Waals surface area (Å²) in [6, 6.07) is 10.8. The number of pyridine rings is 1. The van der Waals surface area contributed by atoms with E-state index in [9.17, 15) is 0 Å². The number of nitrogens with two attached hydrogens (primary N) is 1. The van der Waals surface area contributed by atoms with E-state index in [1.54, 1.807) is 0 Å². The van der Waals surface area contributed by atoms with E-state index in [1.807, 2.05) is 18.5 Å².